The van der Waals surface area contributed by atoms with Crippen molar-refractivity contribution in [1.29, 1.82) is 0 Å². The van der Waals surface area contributed by atoms with Crippen LogP contribution in [0.25, 0.3) is 0 Å². The quantitative estimate of drug-likeness (QED) is 0.535. The van der Waals surface area contributed by atoms with Crippen LogP contribution in [0, 0.1) is 0 Å². The second-order valence-electron chi connectivity index (χ2n) is 5.74. The molecule has 0 fully saturated rings. The Kier molecular flexibility index (Phi) is 6.22. The fourth-order valence-corrected chi connectivity index (χ4v) is 2.68. The van der Waals surface area contributed by atoms with Gasteiger partial charge >= 0.3 is 0 Å². The number of carbonyl (C=O) groups excluding carboxylic acids is 1. The third-order valence-corrected chi connectivity index (χ3v) is 4.23. The fraction of sp³-hybridized carbons (Fsp3) is 0.0952. The molecular formula is C21H17Cl2NO3. The minimum absolute atomic E-state index is 0.352. The number of rotatable bonds is 6. The average molecular weight is 402 g/mol. The lowest BCUT2D eigenvalue weighted by Gasteiger charge is -2.17. The lowest BCUT2D eigenvalue weighted by Crippen LogP contribution is -2.30. The molecule has 0 aromatic heterocycles. The van der Waals surface area contributed by atoms with Crippen LogP contribution in [0.15, 0.2) is 72.8 Å². The molecule has 0 aliphatic carbocycles. The topological polar surface area (TPSA) is 47.6 Å². The number of ether oxygens (including phenoxy) is 2. The summed E-state index contributed by atoms with van der Waals surface area (Å²) in [5, 5.41) is 3.71. The maximum Gasteiger partial charge on any atom is 0.265 e. The van der Waals surface area contributed by atoms with Crippen molar-refractivity contribution in [3.63, 3.8) is 0 Å². The third-order valence-electron chi connectivity index (χ3n) is 3.68. The average Bonchev–Trinajstić information content (AvgIpc) is 2.66. The van der Waals surface area contributed by atoms with Crippen molar-refractivity contribution in [2.24, 2.45) is 0 Å². The summed E-state index contributed by atoms with van der Waals surface area (Å²) in [4.78, 5) is 12.6. The summed E-state index contributed by atoms with van der Waals surface area (Å²) in [5.74, 6) is 1.21. The van der Waals surface area contributed by atoms with E-state index in [4.69, 9.17) is 32.7 Å². The number of amides is 1. The van der Waals surface area contributed by atoms with E-state index >= 15 is 0 Å². The van der Waals surface area contributed by atoms with Crippen molar-refractivity contribution in [1.82, 2.24) is 0 Å². The Balaban J connectivity index is 1.75. The van der Waals surface area contributed by atoms with Crippen molar-refractivity contribution in [3.8, 4) is 17.2 Å². The molecule has 0 spiro atoms. The van der Waals surface area contributed by atoms with E-state index in [-0.39, 0.29) is 5.91 Å². The molecule has 0 aliphatic rings. The Morgan fingerprint density at radius 3 is 2.37 bits per heavy atom. The van der Waals surface area contributed by atoms with Gasteiger partial charge in [-0.3, -0.25) is 4.79 Å². The Labute approximate surface area is 167 Å². The summed E-state index contributed by atoms with van der Waals surface area (Å²) < 4.78 is 11.5. The SMILES string of the molecule is C[C@@H](Oc1ccccc1Cl)C(=O)Nc1cc(Cl)ccc1Oc1ccccc1. The summed E-state index contributed by atoms with van der Waals surface area (Å²) >= 11 is 12.2. The van der Waals surface area contributed by atoms with Gasteiger partial charge in [-0.05, 0) is 49.4 Å². The van der Waals surface area contributed by atoms with Crippen LogP contribution in [0.5, 0.6) is 17.2 Å². The second-order valence-corrected chi connectivity index (χ2v) is 6.58. The van der Waals surface area contributed by atoms with Gasteiger partial charge in [-0.25, -0.2) is 0 Å². The normalized spacial score (nSPS) is 11.5. The van der Waals surface area contributed by atoms with E-state index in [1.807, 2.05) is 30.3 Å². The standard InChI is InChI=1S/C21H17Cl2NO3/c1-14(26-19-10-6-5-9-17(19)23)21(25)24-18-13-15(22)11-12-20(18)27-16-7-3-2-4-8-16/h2-14H,1H3,(H,24,25)/t14-/m1/s1. The van der Waals surface area contributed by atoms with Crippen LogP contribution in [-0.4, -0.2) is 12.0 Å². The van der Waals surface area contributed by atoms with Crippen molar-refractivity contribution in [2.75, 3.05) is 5.32 Å². The van der Waals surface area contributed by atoms with Gasteiger partial charge in [0.05, 0.1) is 10.7 Å². The molecule has 0 saturated carbocycles. The smallest absolute Gasteiger partial charge is 0.265 e. The summed E-state index contributed by atoms with van der Waals surface area (Å²) in [6.45, 7) is 1.64. The number of anilines is 1. The van der Waals surface area contributed by atoms with Crippen molar-refractivity contribution < 1.29 is 14.3 Å². The molecule has 27 heavy (non-hydrogen) atoms. The Morgan fingerprint density at radius 2 is 1.63 bits per heavy atom. The second kappa shape index (κ2) is 8.80. The number of hydrogen-bond acceptors (Lipinski definition) is 3. The van der Waals surface area contributed by atoms with Crippen LogP contribution in [0.3, 0.4) is 0 Å². The predicted molar refractivity (Wildman–Crippen MR) is 108 cm³/mol. The van der Waals surface area contributed by atoms with E-state index in [1.54, 1.807) is 49.4 Å². The van der Waals surface area contributed by atoms with Crippen LogP contribution >= 0.6 is 23.2 Å². The Morgan fingerprint density at radius 1 is 0.926 bits per heavy atom. The molecule has 1 atom stereocenters. The zero-order valence-corrected chi connectivity index (χ0v) is 16.0. The first-order valence-corrected chi connectivity index (χ1v) is 9.03. The maximum atomic E-state index is 12.6. The molecule has 1 N–H and O–H groups in total. The van der Waals surface area contributed by atoms with Crippen molar-refractivity contribution >= 4 is 34.8 Å². The van der Waals surface area contributed by atoms with Crippen LogP contribution in [0.4, 0.5) is 5.69 Å². The number of halogens is 2. The minimum Gasteiger partial charge on any atom is -0.479 e. The molecule has 0 aliphatic heterocycles. The highest BCUT2D eigenvalue weighted by atomic mass is 35.5. The first-order chi connectivity index (χ1) is 13.0. The van der Waals surface area contributed by atoms with Crippen LogP contribution < -0.4 is 14.8 Å². The van der Waals surface area contributed by atoms with Gasteiger partial charge in [-0.2, -0.15) is 0 Å². The molecule has 3 aromatic rings. The van der Waals surface area contributed by atoms with Crippen LogP contribution in [-0.2, 0) is 4.79 Å². The van der Waals surface area contributed by atoms with Gasteiger partial charge in [0, 0.05) is 5.02 Å². The summed E-state index contributed by atoms with van der Waals surface area (Å²) in [6, 6.07) is 21.3. The highest BCUT2D eigenvalue weighted by molar-refractivity contribution is 6.32. The van der Waals surface area contributed by atoms with E-state index in [1.165, 1.54) is 0 Å². The monoisotopic (exact) mass is 401 g/mol. The minimum atomic E-state index is -0.770. The van der Waals surface area contributed by atoms with E-state index < -0.39 is 6.10 Å². The largest absolute Gasteiger partial charge is 0.479 e. The zero-order valence-electron chi connectivity index (χ0n) is 14.5. The molecule has 3 aromatic carbocycles. The Hall–Kier alpha value is -2.69. The number of benzene rings is 3. The van der Waals surface area contributed by atoms with Gasteiger partial charge in [-0.1, -0.05) is 53.5 Å². The zero-order chi connectivity index (χ0) is 19.2. The lowest BCUT2D eigenvalue weighted by molar-refractivity contribution is -0.122. The van der Waals surface area contributed by atoms with Gasteiger partial charge < -0.3 is 14.8 Å². The van der Waals surface area contributed by atoms with E-state index in [2.05, 4.69) is 5.32 Å². The highest BCUT2D eigenvalue weighted by Crippen LogP contribution is 2.32. The van der Waals surface area contributed by atoms with Crippen molar-refractivity contribution in [2.45, 2.75) is 13.0 Å². The first-order valence-electron chi connectivity index (χ1n) is 8.27. The Bertz CT molecular complexity index is 932. The molecule has 0 unspecified atom stereocenters. The van der Waals surface area contributed by atoms with Crippen LogP contribution in [0.2, 0.25) is 10.0 Å². The third kappa shape index (κ3) is 5.16. The van der Waals surface area contributed by atoms with Gasteiger partial charge in [-0.15, -0.1) is 0 Å². The molecule has 0 saturated heterocycles. The lowest BCUT2D eigenvalue weighted by atomic mass is 10.2. The maximum absolute atomic E-state index is 12.6. The molecule has 0 heterocycles. The van der Waals surface area contributed by atoms with E-state index in [9.17, 15) is 4.79 Å². The van der Waals surface area contributed by atoms with Gasteiger partial charge in [0.15, 0.2) is 11.9 Å². The fourth-order valence-electron chi connectivity index (χ4n) is 2.32. The molecule has 6 heteroatoms. The molecule has 4 nitrogen and oxygen atoms in total. The molecular weight excluding hydrogens is 385 g/mol. The molecule has 138 valence electrons. The predicted octanol–water partition coefficient (Wildman–Crippen LogP) is 6.19. The number of hydrogen-bond donors (Lipinski definition) is 1. The molecule has 0 bridgehead atoms. The van der Waals surface area contributed by atoms with E-state index in [0.29, 0.717) is 33.0 Å². The van der Waals surface area contributed by atoms with Crippen LogP contribution in [0.1, 0.15) is 6.92 Å². The first kappa shape index (κ1) is 19.1. The van der Waals surface area contributed by atoms with Gasteiger partial charge in [0.1, 0.15) is 11.5 Å². The summed E-state index contributed by atoms with van der Waals surface area (Å²) in [6.07, 6.45) is -0.770. The number of carbonyl (C=O) groups is 1. The van der Waals surface area contributed by atoms with Gasteiger partial charge in [0.25, 0.3) is 5.91 Å². The number of para-hydroxylation sites is 2. The molecule has 1 amide bonds. The summed E-state index contributed by atoms with van der Waals surface area (Å²) in [5.41, 5.74) is 0.450. The highest BCUT2D eigenvalue weighted by Gasteiger charge is 2.18. The molecule has 3 rings (SSSR count). The van der Waals surface area contributed by atoms with Gasteiger partial charge in [0.2, 0.25) is 0 Å². The number of nitrogens with one attached hydrogen (secondary N) is 1. The van der Waals surface area contributed by atoms with E-state index in [0.717, 1.165) is 0 Å². The molecule has 0 radical (unpaired) electrons. The summed E-state index contributed by atoms with van der Waals surface area (Å²) in [7, 11) is 0. The van der Waals surface area contributed by atoms with Crippen molar-refractivity contribution in [3.05, 3.63) is 82.8 Å².